The molecular formula is C15H27NO4. The topological polar surface area (TPSA) is 75.6 Å². The molecule has 5 heteroatoms. The van der Waals surface area contributed by atoms with E-state index in [9.17, 15) is 9.59 Å². The molecule has 1 aliphatic carbocycles. The minimum atomic E-state index is -0.565. The van der Waals surface area contributed by atoms with Crippen LogP contribution < -0.4 is 5.32 Å². The van der Waals surface area contributed by atoms with Gasteiger partial charge < -0.3 is 15.2 Å². The Bertz CT molecular complexity index is 333. The number of nitrogens with one attached hydrogen (secondary N) is 1. The third-order valence-corrected chi connectivity index (χ3v) is 3.95. The van der Waals surface area contributed by atoms with Gasteiger partial charge in [-0.15, -0.1) is 0 Å². The van der Waals surface area contributed by atoms with Gasteiger partial charge in [0.05, 0.1) is 18.8 Å². The van der Waals surface area contributed by atoms with Crippen LogP contribution in [0.1, 0.15) is 46.5 Å². The molecule has 2 N–H and O–H groups in total. The van der Waals surface area contributed by atoms with Gasteiger partial charge in [0.1, 0.15) is 5.78 Å². The van der Waals surface area contributed by atoms with Crippen molar-refractivity contribution < 1.29 is 19.4 Å². The first-order chi connectivity index (χ1) is 9.35. The molecule has 0 heterocycles. The fourth-order valence-corrected chi connectivity index (χ4v) is 2.45. The molecular weight excluding hydrogens is 258 g/mol. The van der Waals surface area contributed by atoms with Gasteiger partial charge in [-0.2, -0.15) is 0 Å². The Kier molecular flexibility index (Phi) is 6.62. The number of aliphatic hydroxyl groups excluding tert-OH is 1. The van der Waals surface area contributed by atoms with Gasteiger partial charge in [0.25, 0.3) is 0 Å². The average molecular weight is 285 g/mol. The number of carbonyl (C=O) groups is 2. The van der Waals surface area contributed by atoms with Gasteiger partial charge in [-0.05, 0) is 46.5 Å². The summed E-state index contributed by atoms with van der Waals surface area (Å²) in [7, 11) is 0. The van der Waals surface area contributed by atoms with Crippen molar-refractivity contribution in [3.05, 3.63) is 0 Å². The molecule has 0 bridgehead atoms. The SMILES string of the molecule is CC(=O)C1CCC(C(=O)NCCOC(C)(C)CO)CC1. The van der Waals surface area contributed by atoms with Crippen LogP contribution in [0.2, 0.25) is 0 Å². The molecule has 0 aromatic carbocycles. The van der Waals surface area contributed by atoms with E-state index in [-0.39, 0.29) is 30.1 Å². The summed E-state index contributed by atoms with van der Waals surface area (Å²) in [6.45, 7) is 6.04. The van der Waals surface area contributed by atoms with Gasteiger partial charge in [0.2, 0.25) is 5.91 Å². The first-order valence-corrected chi connectivity index (χ1v) is 7.38. The van der Waals surface area contributed by atoms with Crippen LogP contribution in [0.5, 0.6) is 0 Å². The molecule has 0 radical (unpaired) electrons. The lowest BCUT2D eigenvalue weighted by molar-refractivity contribution is -0.129. The van der Waals surface area contributed by atoms with E-state index < -0.39 is 5.60 Å². The number of aliphatic hydroxyl groups is 1. The number of amides is 1. The average Bonchev–Trinajstić information content (AvgIpc) is 2.43. The summed E-state index contributed by atoms with van der Waals surface area (Å²) in [6, 6.07) is 0. The molecule has 116 valence electrons. The highest BCUT2D eigenvalue weighted by Gasteiger charge is 2.28. The Morgan fingerprint density at radius 1 is 1.20 bits per heavy atom. The number of carbonyl (C=O) groups excluding carboxylic acids is 2. The molecule has 1 aliphatic rings. The second-order valence-corrected chi connectivity index (χ2v) is 6.22. The van der Waals surface area contributed by atoms with Crippen molar-refractivity contribution in [3.8, 4) is 0 Å². The van der Waals surface area contributed by atoms with Crippen molar-refractivity contribution >= 4 is 11.7 Å². The van der Waals surface area contributed by atoms with Crippen molar-refractivity contribution in [2.45, 2.75) is 52.1 Å². The highest BCUT2D eigenvalue weighted by Crippen LogP contribution is 2.29. The number of rotatable bonds is 7. The summed E-state index contributed by atoms with van der Waals surface area (Å²) < 4.78 is 5.46. The van der Waals surface area contributed by atoms with Crippen molar-refractivity contribution in [1.29, 1.82) is 0 Å². The molecule has 0 aromatic heterocycles. The first-order valence-electron chi connectivity index (χ1n) is 7.38. The Balaban J connectivity index is 2.19. The number of Topliss-reactive ketones (excluding diaryl/α,β-unsaturated/α-hetero) is 1. The standard InChI is InChI=1S/C15H27NO4/c1-11(18)12-4-6-13(7-5-12)14(19)16-8-9-20-15(2,3)10-17/h12-13,17H,4-10H2,1-3H3,(H,16,19). The summed E-state index contributed by atoms with van der Waals surface area (Å²) in [5.74, 6) is 0.463. The maximum atomic E-state index is 12.0. The fraction of sp³-hybridized carbons (Fsp3) is 0.867. The first kappa shape index (κ1) is 17.1. The van der Waals surface area contributed by atoms with Crippen molar-refractivity contribution in [2.24, 2.45) is 11.8 Å². The zero-order valence-electron chi connectivity index (χ0n) is 12.8. The van der Waals surface area contributed by atoms with Crippen molar-refractivity contribution in [1.82, 2.24) is 5.32 Å². The summed E-state index contributed by atoms with van der Waals surface area (Å²) >= 11 is 0. The highest BCUT2D eigenvalue weighted by molar-refractivity contribution is 5.80. The van der Waals surface area contributed by atoms with E-state index in [1.54, 1.807) is 20.8 Å². The summed E-state index contributed by atoms with van der Waals surface area (Å²) in [6.07, 6.45) is 3.22. The van der Waals surface area contributed by atoms with Crippen LogP contribution in [0.15, 0.2) is 0 Å². The van der Waals surface area contributed by atoms with Gasteiger partial charge >= 0.3 is 0 Å². The lowest BCUT2D eigenvalue weighted by Gasteiger charge is -2.26. The van der Waals surface area contributed by atoms with Crippen LogP contribution in [-0.2, 0) is 14.3 Å². The highest BCUT2D eigenvalue weighted by atomic mass is 16.5. The number of ether oxygens (including phenoxy) is 1. The molecule has 5 nitrogen and oxygen atoms in total. The molecule has 20 heavy (non-hydrogen) atoms. The molecule has 0 aromatic rings. The molecule has 0 atom stereocenters. The third kappa shape index (κ3) is 5.59. The predicted octanol–water partition coefficient (Wildman–Crippen LogP) is 1.29. The quantitative estimate of drug-likeness (QED) is 0.691. The molecule has 1 saturated carbocycles. The van der Waals surface area contributed by atoms with Crippen molar-refractivity contribution in [2.75, 3.05) is 19.8 Å². The maximum absolute atomic E-state index is 12.0. The molecule has 0 unspecified atom stereocenters. The summed E-state index contributed by atoms with van der Waals surface area (Å²) in [5, 5.41) is 11.9. The van der Waals surface area contributed by atoms with Crippen LogP contribution in [0.3, 0.4) is 0 Å². The number of hydrogen-bond donors (Lipinski definition) is 2. The zero-order valence-corrected chi connectivity index (χ0v) is 12.8. The van der Waals surface area contributed by atoms with E-state index in [1.165, 1.54) is 0 Å². The second-order valence-electron chi connectivity index (χ2n) is 6.22. The molecule has 0 aliphatic heterocycles. The fourth-order valence-electron chi connectivity index (χ4n) is 2.45. The van der Waals surface area contributed by atoms with Crippen LogP contribution in [-0.4, -0.2) is 42.2 Å². The normalized spacial score (nSPS) is 23.4. The monoisotopic (exact) mass is 285 g/mol. The number of ketones is 1. The van der Waals surface area contributed by atoms with E-state index in [1.807, 2.05) is 0 Å². The Hall–Kier alpha value is -0.940. The molecule has 0 spiro atoms. The molecule has 1 rings (SSSR count). The Morgan fingerprint density at radius 2 is 1.75 bits per heavy atom. The lowest BCUT2D eigenvalue weighted by Crippen LogP contribution is -2.38. The molecule has 1 fully saturated rings. The zero-order chi connectivity index (χ0) is 15.2. The Morgan fingerprint density at radius 3 is 2.25 bits per heavy atom. The summed E-state index contributed by atoms with van der Waals surface area (Å²) in [5.41, 5.74) is -0.565. The predicted molar refractivity (Wildman–Crippen MR) is 76.3 cm³/mol. The summed E-state index contributed by atoms with van der Waals surface area (Å²) in [4.78, 5) is 23.2. The van der Waals surface area contributed by atoms with E-state index in [2.05, 4.69) is 5.32 Å². The van der Waals surface area contributed by atoms with Gasteiger partial charge in [-0.1, -0.05) is 0 Å². The van der Waals surface area contributed by atoms with Gasteiger partial charge in [0, 0.05) is 18.4 Å². The largest absolute Gasteiger partial charge is 0.393 e. The van der Waals surface area contributed by atoms with E-state index >= 15 is 0 Å². The minimum absolute atomic E-state index is 0.0245. The molecule has 1 amide bonds. The van der Waals surface area contributed by atoms with Crippen LogP contribution >= 0.6 is 0 Å². The van der Waals surface area contributed by atoms with Gasteiger partial charge in [-0.3, -0.25) is 9.59 Å². The number of hydrogen-bond acceptors (Lipinski definition) is 4. The minimum Gasteiger partial charge on any atom is -0.393 e. The van der Waals surface area contributed by atoms with E-state index in [4.69, 9.17) is 9.84 Å². The van der Waals surface area contributed by atoms with Gasteiger partial charge in [-0.25, -0.2) is 0 Å². The smallest absolute Gasteiger partial charge is 0.223 e. The second kappa shape index (κ2) is 7.74. The molecule has 0 saturated heterocycles. The third-order valence-electron chi connectivity index (χ3n) is 3.95. The van der Waals surface area contributed by atoms with E-state index in [0.29, 0.717) is 13.2 Å². The van der Waals surface area contributed by atoms with E-state index in [0.717, 1.165) is 25.7 Å². The van der Waals surface area contributed by atoms with Crippen LogP contribution in [0.4, 0.5) is 0 Å². The Labute approximate surface area is 121 Å². The van der Waals surface area contributed by atoms with Crippen LogP contribution in [0, 0.1) is 11.8 Å². The van der Waals surface area contributed by atoms with Crippen molar-refractivity contribution in [3.63, 3.8) is 0 Å². The lowest BCUT2D eigenvalue weighted by atomic mass is 9.80. The van der Waals surface area contributed by atoms with Crippen LogP contribution in [0.25, 0.3) is 0 Å². The van der Waals surface area contributed by atoms with Gasteiger partial charge in [0.15, 0.2) is 0 Å². The maximum Gasteiger partial charge on any atom is 0.223 e.